The molecule has 3 rings (SSSR count). The van der Waals surface area contributed by atoms with Crippen molar-refractivity contribution in [3.63, 3.8) is 0 Å². The third kappa shape index (κ3) is 3.23. The van der Waals surface area contributed by atoms with E-state index in [0.717, 1.165) is 5.56 Å². The van der Waals surface area contributed by atoms with Crippen LogP contribution in [0.25, 0.3) is 0 Å². The Morgan fingerprint density at radius 2 is 1.91 bits per heavy atom. The Kier molecular flexibility index (Phi) is 3.85. The van der Waals surface area contributed by atoms with Gasteiger partial charge in [0.05, 0.1) is 6.51 Å². The summed E-state index contributed by atoms with van der Waals surface area (Å²) < 4.78 is 15.7. The Labute approximate surface area is 131 Å². The van der Waals surface area contributed by atoms with Gasteiger partial charge in [-0.1, -0.05) is 30.3 Å². The van der Waals surface area contributed by atoms with E-state index in [1.807, 2.05) is 30.3 Å². The highest BCUT2D eigenvalue weighted by Gasteiger charge is 2.34. The molecule has 8 heteroatoms. The van der Waals surface area contributed by atoms with Gasteiger partial charge in [0.1, 0.15) is 23.7 Å². The summed E-state index contributed by atoms with van der Waals surface area (Å²) in [6, 6.07) is 12.1. The fraction of sp³-hybridized carbons (Fsp3) is 0.133. The van der Waals surface area contributed by atoms with E-state index in [2.05, 4.69) is 0 Å². The van der Waals surface area contributed by atoms with Crippen LogP contribution in [0, 0.1) is 0 Å². The lowest BCUT2D eigenvalue weighted by molar-refractivity contribution is 0.0685. The van der Waals surface area contributed by atoms with Gasteiger partial charge in [0.2, 0.25) is 0 Å². The number of hydrogen-bond donors (Lipinski definition) is 3. The molecule has 0 aromatic heterocycles. The molecule has 1 aliphatic rings. The maximum atomic E-state index is 11.5. The lowest BCUT2D eigenvalue weighted by Gasteiger charge is -2.37. The third-order valence-electron chi connectivity index (χ3n) is 3.30. The van der Waals surface area contributed by atoms with E-state index in [1.54, 1.807) is 0 Å². The van der Waals surface area contributed by atoms with Crippen LogP contribution in [0.2, 0.25) is 0 Å². The largest absolute Gasteiger partial charge is 0.665 e. The summed E-state index contributed by atoms with van der Waals surface area (Å²) in [5.41, 5.74) is 0.550. The molecule has 7 nitrogen and oxygen atoms in total. The molecule has 0 unspecified atom stereocenters. The Morgan fingerprint density at radius 3 is 2.61 bits per heavy atom. The van der Waals surface area contributed by atoms with Crippen molar-refractivity contribution in [1.82, 2.24) is 0 Å². The molecule has 23 heavy (non-hydrogen) atoms. The molecule has 0 saturated heterocycles. The van der Waals surface area contributed by atoms with E-state index in [9.17, 15) is 19.9 Å². The predicted molar refractivity (Wildman–Crippen MR) is 80.5 cm³/mol. The highest BCUT2D eigenvalue weighted by molar-refractivity contribution is 6.58. The van der Waals surface area contributed by atoms with Crippen LogP contribution in [0.15, 0.2) is 42.5 Å². The second-order valence-electron chi connectivity index (χ2n) is 5.13. The molecule has 0 amide bonds. The number of carboxylic acids is 1. The summed E-state index contributed by atoms with van der Waals surface area (Å²) in [4.78, 5) is 11.5. The van der Waals surface area contributed by atoms with Crippen LogP contribution in [0.3, 0.4) is 0 Å². The minimum atomic E-state index is -3.25. The average Bonchev–Trinajstić information content (AvgIpc) is 2.52. The molecule has 0 saturated carbocycles. The van der Waals surface area contributed by atoms with Crippen molar-refractivity contribution in [3.05, 3.63) is 53.6 Å². The SMILES string of the molecule is O=C(O)c1c(OCc2ccccc2)ccc2c1O[B-](O)(O)CO2. The number of aromatic carboxylic acids is 1. The van der Waals surface area contributed by atoms with E-state index in [0.29, 0.717) is 0 Å². The van der Waals surface area contributed by atoms with Crippen LogP contribution < -0.4 is 14.1 Å². The van der Waals surface area contributed by atoms with Crippen LogP contribution in [-0.4, -0.2) is 34.4 Å². The van der Waals surface area contributed by atoms with Gasteiger partial charge in [-0.25, -0.2) is 4.79 Å². The molecule has 1 heterocycles. The van der Waals surface area contributed by atoms with Gasteiger partial charge in [0, 0.05) is 0 Å². The van der Waals surface area contributed by atoms with E-state index in [4.69, 9.17) is 14.1 Å². The minimum Gasteiger partial charge on any atom is -0.665 e. The molecular weight excluding hydrogens is 303 g/mol. The Morgan fingerprint density at radius 1 is 1.17 bits per heavy atom. The van der Waals surface area contributed by atoms with Crippen molar-refractivity contribution in [3.8, 4) is 17.2 Å². The molecule has 0 atom stereocenters. The van der Waals surface area contributed by atoms with Crippen molar-refractivity contribution in [1.29, 1.82) is 0 Å². The van der Waals surface area contributed by atoms with Gasteiger partial charge >= 0.3 is 12.7 Å². The van der Waals surface area contributed by atoms with Gasteiger partial charge in [0.25, 0.3) is 0 Å². The summed E-state index contributed by atoms with van der Waals surface area (Å²) in [5.74, 6) is -1.39. The summed E-state index contributed by atoms with van der Waals surface area (Å²) in [5, 5.41) is 28.5. The standard InChI is InChI=1S/C15H14BO7/c17-15(18)13-11(21-8-10-4-2-1-3-5-10)6-7-12-14(13)23-16(19,20)9-22-12/h1-7,19-20H,8-9H2,(H,17,18)/q-1. The van der Waals surface area contributed by atoms with Gasteiger partial charge in [-0.2, -0.15) is 0 Å². The zero-order valence-electron chi connectivity index (χ0n) is 12.0. The number of benzene rings is 2. The fourth-order valence-electron chi connectivity index (χ4n) is 2.26. The first kappa shape index (κ1) is 15.2. The van der Waals surface area contributed by atoms with Crippen molar-refractivity contribution < 1.29 is 34.1 Å². The second kappa shape index (κ2) is 5.83. The number of carbonyl (C=O) groups is 1. The van der Waals surface area contributed by atoms with Crippen LogP contribution in [0.4, 0.5) is 0 Å². The van der Waals surface area contributed by atoms with Crippen LogP contribution in [0.1, 0.15) is 15.9 Å². The maximum Gasteiger partial charge on any atom is 0.467 e. The normalized spacial score (nSPS) is 15.0. The molecule has 3 N–H and O–H groups in total. The number of fused-ring (bicyclic) bond motifs is 1. The number of carboxylic acid groups (broad SMARTS) is 1. The molecule has 0 fully saturated rings. The van der Waals surface area contributed by atoms with E-state index in [-0.39, 0.29) is 29.4 Å². The molecule has 120 valence electrons. The van der Waals surface area contributed by atoms with Crippen LogP contribution in [0.5, 0.6) is 17.2 Å². The molecule has 2 aromatic rings. The van der Waals surface area contributed by atoms with E-state index < -0.39 is 19.2 Å². The molecule has 0 bridgehead atoms. The zero-order valence-corrected chi connectivity index (χ0v) is 12.0. The van der Waals surface area contributed by atoms with Crippen molar-refractivity contribution in [2.45, 2.75) is 6.61 Å². The van der Waals surface area contributed by atoms with Gasteiger partial charge in [-0.3, -0.25) is 0 Å². The van der Waals surface area contributed by atoms with E-state index in [1.165, 1.54) is 12.1 Å². The lowest BCUT2D eigenvalue weighted by Crippen LogP contribution is -2.51. The Balaban J connectivity index is 1.93. The average molecular weight is 317 g/mol. The number of rotatable bonds is 4. The maximum absolute atomic E-state index is 11.5. The van der Waals surface area contributed by atoms with E-state index >= 15 is 0 Å². The summed E-state index contributed by atoms with van der Waals surface area (Å²) in [6.45, 7) is -3.55. The Hall–Kier alpha value is -2.71. The molecule has 2 aromatic carbocycles. The number of hydrogen-bond acceptors (Lipinski definition) is 6. The fourth-order valence-corrected chi connectivity index (χ4v) is 2.26. The van der Waals surface area contributed by atoms with Gasteiger partial charge in [-0.15, -0.1) is 0 Å². The van der Waals surface area contributed by atoms with Gasteiger partial charge in [0.15, 0.2) is 5.75 Å². The molecule has 0 radical (unpaired) electrons. The second-order valence-corrected chi connectivity index (χ2v) is 5.13. The molecule has 1 aliphatic heterocycles. The lowest BCUT2D eigenvalue weighted by atomic mass is 9.80. The minimum absolute atomic E-state index is 0.0530. The van der Waals surface area contributed by atoms with Crippen molar-refractivity contribution >= 4 is 12.7 Å². The van der Waals surface area contributed by atoms with Crippen molar-refractivity contribution in [2.24, 2.45) is 0 Å². The highest BCUT2D eigenvalue weighted by Crippen LogP contribution is 2.41. The number of ether oxygens (including phenoxy) is 2. The first-order chi connectivity index (χ1) is 11.0. The highest BCUT2D eigenvalue weighted by atomic mass is 16.7. The first-order valence-corrected chi connectivity index (χ1v) is 6.95. The van der Waals surface area contributed by atoms with Gasteiger partial charge < -0.3 is 29.3 Å². The van der Waals surface area contributed by atoms with Crippen LogP contribution >= 0.6 is 0 Å². The smallest absolute Gasteiger partial charge is 0.467 e. The molecule has 0 aliphatic carbocycles. The van der Waals surface area contributed by atoms with Crippen LogP contribution in [-0.2, 0) is 6.61 Å². The molecule has 0 spiro atoms. The monoisotopic (exact) mass is 317 g/mol. The first-order valence-electron chi connectivity index (χ1n) is 6.95. The topological polar surface area (TPSA) is 105 Å². The summed E-state index contributed by atoms with van der Waals surface area (Å²) >= 11 is 0. The predicted octanol–water partition coefficient (Wildman–Crippen LogP) is 1.20. The third-order valence-corrected chi connectivity index (χ3v) is 3.30. The quantitative estimate of drug-likeness (QED) is 0.728. The van der Waals surface area contributed by atoms with Gasteiger partial charge in [-0.05, 0) is 17.7 Å². The van der Waals surface area contributed by atoms with Crippen molar-refractivity contribution in [2.75, 3.05) is 6.51 Å². The summed E-state index contributed by atoms with van der Waals surface area (Å²) in [7, 11) is 0. The summed E-state index contributed by atoms with van der Waals surface area (Å²) in [6.07, 6.45) is 0. The zero-order chi connectivity index (χ0) is 16.4. The Bertz CT molecular complexity index is 730. The molecular formula is C15H14BO7-.